The van der Waals surface area contributed by atoms with Gasteiger partial charge in [-0.25, -0.2) is 0 Å². The Balaban J connectivity index is 2.08. The van der Waals surface area contributed by atoms with Gasteiger partial charge < -0.3 is 15.0 Å². The van der Waals surface area contributed by atoms with Gasteiger partial charge in [-0.3, -0.25) is 5.43 Å². The lowest BCUT2D eigenvalue weighted by molar-refractivity contribution is -0.906. The second-order valence-corrected chi connectivity index (χ2v) is 6.17. The van der Waals surface area contributed by atoms with Crippen molar-refractivity contribution in [3.8, 4) is 0 Å². The van der Waals surface area contributed by atoms with Crippen LogP contribution in [0.25, 0.3) is 0 Å². The molecule has 0 bridgehead atoms. The molecule has 0 atom stereocenters. The second kappa shape index (κ2) is 10.1. The van der Waals surface area contributed by atoms with Gasteiger partial charge in [0, 0.05) is 5.71 Å². The number of rotatable bonds is 7. The highest BCUT2D eigenvalue weighted by molar-refractivity contribution is 7.80. The van der Waals surface area contributed by atoms with Crippen LogP contribution in [0.15, 0.2) is 5.10 Å². The first-order valence-electron chi connectivity index (χ1n) is 7.56. The molecule has 1 fully saturated rings. The maximum atomic E-state index is 5.33. The lowest BCUT2D eigenvalue weighted by Crippen LogP contribution is -3.14. The number of quaternary nitrogens is 1. The monoisotopic (exact) mass is 301 g/mol. The Morgan fingerprint density at radius 2 is 2.05 bits per heavy atom. The minimum atomic E-state index is 0.613. The van der Waals surface area contributed by atoms with Gasteiger partial charge in [0.15, 0.2) is 5.11 Å². The van der Waals surface area contributed by atoms with Crippen LogP contribution in [-0.4, -0.2) is 50.2 Å². The zero-order valence-corrected chi connectivity index (χ0v) is 13.8. The smallest absolute Gasteiger partial charge is 0.187 e. The molecular formula is C14H29N4OS+. The Morgan fingerprint density at radius 1 is 1.35 bits per heavy atom. The number of hydrazone groups is 1. The summed E-state index contributed by atoms with van der Waals surface area (Å²) >= 11 is 5.21. The molecule has 1 aliphatic heterocycles. The third-order valence-corrected chi connectivity index (χ3v) is 3.63. The first kappa shape index (κ1) is 17.3. The average molecular weight is 301 g/mol. The molecule has 6 heteroatoms. The maximum absolute atomic E-state index is 5.33. The molecule has 1 aliphatic rings. The van der Waals surface area contributed by atoms with Crippen LogP contribution < -0.4 is 15.6 Å². The van der Waals surface area contributed by atoms with Gasteiger partial charge in [-0.05, 0) is 37.9 Å². The first-order chi connectivity index (χ1) is 9.58. The fraction of sp³-hybridized carbons (Fsp3) is 0.857. The van der Waals surface area contributed by atoms with Gasteiger partial charge in [-0.15, -0.1) is 0 Å². The van der Waals surface area contributed by atoms with Crippen molar-refractivity contribution in [3.05, 3.63) is 0 Å². The first-order valence-corrected chi connectivity index (χ1v) is 7.97. The third-order valence-electron chi connectivity index (χ3n) is 3.40. The van der Waals surface area contributed by atoms with Crippen LogP contribution in [0.2, 0.25) is 0 Å². The van der Waals surface area contributed by atoms with E-state index < -0.39 is 0 Å². The number of hydrogen-bond acceptors (Lipinski definition) is 3. The molecule has 1 rings (SSSR count). The highest BCUT2D eigenvalue weighted by Crippen LogP contribution is 2.03. The Bertz CT molecular complexity index is 314. The quantitative estimate of drug-likeness (QED) is 0.357. The third kappa shape index (κ3) is 8.45. The number of nitrogens with one attached hydrogen (secondary N) is 3. The van der Waals surface area contributed by atoms with Crippen LogP contribution in [0.1, 0.15) is 33.6 Å². The molecule has 116 valence electrons. The lowest BCUT2D eigenvalue weighted by Gasteiger charge is -2.23. The van der Waals surface area contributed by atoms with E-state index in [1.54, 1.807) is 4.90 Å². The van der Waals surface area contributed by atoms with Crippen molar-refractivity contribution in [1.29, 1.82) is 0 Å². The predicted molar refractivity (Wildman–Crippen MR) is 87.3 cm³/mol. The van der Waals surface area contributed by atoms with E-state index in [1.807, 2.05) is 6.92 Å². The van der Waals surface area contributed by atoms with Gasteiger partial charge in [0.25, 0.3) is 0 Å². The Morgan fingerprint density at radius 3 is 2.70 bits per heavy atom. The largest absolute Gasteiger partial charge is 0.370 e. The number of thiocarbonyl (C=S) groups is 1. The van der Waals surface area contributed by atoms with E-state index in [9.17, 15) is 0 Å². The molecular weight excluding hydrogens is 272 g/mol. The van der Waals surface area contributed by atoms with E-state index in [4.69, 9.17) is 17.0 Å². The van der Waals surface area contributed by atoms with Gasteiger partial charge in [0.1, 0.15) is 13.1 Å². The maximum Gasteiger partial charge on any atom is 0.187 e. The predicted octanol–water partition coefficient (Wildman–Crippen LogP) is 0.178. The molecule has 0 radical (unpaired) electrons. The fourth-order valence-corrected chi connectivity index (χ4v) is 2.15. The minimum Gasteiger partial charge on any atom is -0.370 e. The SMILES string of the molecule is C/C(CCC(C)C)=N/NC(=S)NCC[NH+]1CCOCC1. The fourth-order valence-electron chi connectivity index (χ4n) is 2.00. The second-order valence-electron chi connectivity index (χ2n) is 5.76. The molecule has 1 heterocycles. The van der Waals surface area contributed by atoms with Gasteiger partial charge in [0.05, 0.1) is 26.3 Å². The summed E-state index contributed by atoms with van der Waals surface area (Å²) in [5, 5.41) is 8.11. The van der Waals surface area contributed by atoms with Crippen molar-refractivity contribution in [2.75, 3.05) is 39.4 Å². The summed E-state index contributed by atoms with van der Waals surface area (Å²) in [5.41, 5.74) is 4.02. The Hall–Kier alpha value is -0.720. The molecule has 0 aromatic carbocycles. The highest BCUT2D eigenvalue weighted by atomic mass is 32.1. The van der Waals surface area contributed by atoms with Gasteiger partial charge >= 0.3 is 0 Å². The standard InChI is InChI=1S/C14H28N4OS/c1-12(2)4-5-13(3)16-17-14(20)15-6-7-18-8-10-19-11-9-18/h12H,4-11H2,1-3H3,(H2,15,17,20)/p+1/b16-13-. The Labute approximate surface area is 128 Å². The number of ether oxygens (including phenoxy) is 1. The summed E-state index contributed by atoms with van der Waals surface area (Å²) in [4.78, 5) is 1.57. The van der Waals surface area contributed by atoms with Crippen molar-refractivity contribution < 1.29 is 9.64 Å². The zero-order valence-electron chi connectivity index (χ0n) is 13.0. The summed E-state index contributed by atoms with van der Waals surface area (Å²) in [5.74, 6) is 0.710. The lowest BCUT2D eigenvalue weighted by atomic mass is 10.1. The highest BCUT2D eigenvalue weighted by Gasteiger charge is 2.12. The summed E-state index contributed by atoms with van der Waals surface area (Å²) < 4.78 is 5.33. The molecule has 5 nitrogen and oxygen atoms in total. The molecule has 0 unspecified atom stereocenters. The summed E-state index contributed by atoms with van der Waals surface area (Å²) in [6.45, 7) is 12.4. The average Bonchev–Trinajstić information content (AvgIpc) is 2.44. The van der Waals surface area contributed by atoms with Crippen LogP contribution in [0.3, 0.4) is 0 Å². The summed E-state index contributed by atoms with van der Waals surface area (Å²) in [7, 11) is 0. The molecule has 1 saturated heterocycles. The van der Waals surface area contributed by atoms with Crippen molar-refractivity contribution in [3.63, 3.8) is 0 Å². The van der Waals surface area contributed by atoms with Gasteiger partial charge in [-0.2, -0.15) is 5.10 Å². The van der Waals surface area contributed by atoms with Gasteiger partial charge in [-0.1, -0.05) is 13.8 Å². The van der Waals surface area contributed by atoms with Crippen LogP contribution in [0.5, 0.6) is 0 Å². The normalized spacial score (nSPS) is 17.3. The van der Waals surface area contributed by atoms with Crippen LogP contribution in [0, 0.1) is 5.92 Å². The van der Waals surface area contributed by atoms with E-state index in [1.165, 1.54) is 0 Å². The molecule has 0 amide bonds. The molecule has 0 aromatic heterocycles. The van der Waals surface area contributed by atoms with E-state index in [0.717, 1.165) is 57.9 Å². The van der Waals surface area contributed by atoms with E-state index in [0.29, 0.717) is 11.0 Å². The van der Waals surface area contributed by atoms with Crippen LogP contribution in [-0.2, 0) is 4.74 Å². The molecule has 3 N–H and O–H groups in total. The topological polar surface area (TPSA) is 50.1 Å². The molecule has 0 spiro atoms. The van der Waals surface area contributed by atoms with E-state index in [2.05, 4.69) is 29.7 Å². The molecule has 0 saturated carbocycles. The summed E-state index contributed by atoms with van der Waals surface area (Å²) in [6.07, 6.45) is 2.18. The van der Waals surface area contributed by atoms with Crippen LogP contribution in [0.4, 0.5) is 0 Å². The van der Waals surface area contributed by atoms with Crippen molar-refractivity contribution in [2.45, 2.75) is 33.6 Å². The molecule has 20 heavy (non-hydrogen) atoms. The van der Waals surface area contributed by atoms with E-state index >= 15 is 0 Å². The molecule has 0 aromatic rings. The summed E-state index contributed by atoms with van der Waals surface area (Å²) in [6, 6.07) is 0. The minimum absolute atomic E-state index is 0.613. The number of hydrogen-bond donors (Lipinski definition) is 3. The molecule has 0 aliphatic carbocycles. The van der Waals surface area contributed by atoms with Crippen molar-refractivity contribution >= 4 is 23.0 Å². The van der Waals surface area contributed by atoms with Crippen molar-refractivity contribution in [1.82, 2.24) is 10.7 Å². The number of nitrogens with zero attached hydrogens (tertiary/aromatic N) is 1. The van der Waals surface area contributed by atoms with Crippen molar-refractivity contribution in [2.24, 2.45) is 11.0 Å². The zero-order chi connectivity index (χ0) is 14.8. The van der Waals surface area contributed by atoms with Crippen LogP contribution >= 0.6 is 12.2 Å². The van der Waals surface area contributed by atoms with Gasteiger partial charge in [0.2, 0.25) is 0 Å². The van der Waals surface area contributed by atoms with E-state index in [-0.39, 0.29) is 0 Å². The number of morpholine rings is 1. The Kier molecular flexibility index (Phi) is 8.73.